The Bertz CT molecular complexity index is 919. The summed E-state index contributed by atoms with van der Waals surface area (Å²) in [6.45, 7) is 4.51. The molecule has 1 aromatic heterocycles. The van der Waals surface area contributed by atoms with E-state index in [-0.39, 0.29) is 5.82 Å². The third-order valence-electron chi connectivity index (χ3n) is 5.12. The standard InChI is InChI=1S/C24H29N3O4S/c1-17-13-25-24(26-14-17)23(28)18(2)32(29)27(15-19-5-9-21(30-3)10-6-19)16-20-7-11-22(31-4)12-8-20/h5-14,18,23,28H,15-16H2,1-4H3. The molecule has 3 atom stereocenters. The smallest absolute Gasteiger partial charge is 0.165 e. The van der Waals surface area contributed by atoms with Gasteiger partial charge in [-0.25, -0.2) is 9.97 Å². The molecule has 0 bridgehead atoms. The van der Waals surface area contributed by atoms with Crippen molar-refractivity contribution < 1.29 is 19.1 Å². The normalized spacial score (nSPS) is 14.1. The lowest BCUT2D eigenvalue weighted by molar-refractivity contribution is 0.162. The summed E-state index contributed by atoms with van der Waals surface area (Å²) in [7, 11) is 3.24. The molecule has 0 amide bonds. The first-order valence-corrected chi connectivity index (χ1v) is 11.5. The number of nitrogens with zero attached hydrogens (tertiary/aromatic N) is 3. The van der Waals surface area contributed by atoms with Gasteiger partial charge in [-0.05, 0) is 54.8 Å². The SMILES string of the molecule is COc1ccc(CN(Cc2ccc(OC)cc2)[S+]([O-])C(C)C(O)c2ncc(C)cn2)cc1. The Morgan fingerprint density at radius 3 is 1.75 bits per heavy atom. The van der Waals surface area contributed by atoms with Crippen LogP contribution in [0.4, 0.5) is 0 Å². The molecule has 32 heavy (non-hydrogen) atoms. The van der Waals surface area contributed by atoms with E-state index in [1.807, 2.05) is 59.8 Å². The highest BCUT2D eigenvalue weighted by molar-refractivity contribution is 7.89. The molecule has 0 aliphatic heterocycles. The summed E-state index contributed by atoms with van der Waals surface area (Å²) in [5.41, 5.74) is 2.87. The number of aromatic nitrogens is 2. The van der Waals surface area contributed by atoms with E-state index in [2.05, 4.69) is 9.97 Å². The van der Waals surface area contributed by atoms with Gasteiger partial charge < -0.3 is 19.1 Å². The van der Waals surface area contributed by atoms with Crippen LogP contribution in [0, 0.1) is 6.92 Å². The summed E-state index contributed by atoms with van der Waals surface area (Å²) in [5.74, 6) is 1.79. The molecule has 1 heterocycles. The number of aliphatic hydroxyl groups excluding tert-OH is 1. The van der Waals surface area contributed by atoms with Crippen LogP contribution in [0.3, 0.4) is 0 Å². The molecule has 0 aliphatic rings. The first kappa shape index (κ1) is 24.0. The number of hydrogen-bond acceptors (Lipinski definition) is 7. The molecule has 0 spiro atoms. The van der Waals surface area contributed by atoms with Crippen molar-refractivity contribution in [1.29, 1.82) is 0 Å². The van der Waals surface area contributed by atoms with E-state index in [9.17, 15) is 9.66 Å². The van der Waals surface area contributed by atoms with Crippen LogP contribution in [0.5, 0.6) is 11.5 Å². The molecule has 0 saturated carbocycles. The fourth-order valence-corrected chi connectivity index (χ4v) is 4.53. The Kier molecular flexibility index (Phi) is 8.46. The van der Waals surface area contributed by atoms with E-state index >= 15 is 0 Å². The lowest BCUT2D eigenvalue weighted by Crippen LogP contribution is -2.40. The fraction of sp³-hybridized carbons (Fsp3) is 0.333. The van der Waals surface area contributed by atoms with Crippen molar-refractivity contribution in [3.05, 3.63) is 83.4 Å². The van der Waals surface area contributed by atoms with Crippen LogP contribution in [0.1, 0.15) is 35.5 Å². The highest BCUT2D eigenvalue weighted by Gasteiger charge is 2.34. The van der Waals surface area contributed by atoms with Crippen molar-refractivity contribution in [2.45, 2.75) is 38.3 Å². The molecule has 0 aliphatic carbocycles. The minimum atomic E-state index is -1.51. The zero-order valence-electron chi connectivity index (χ0n) is 18.8. The Morgan fingerprint density at radius 2 is 1.34 bits per heavy atom. The van der Waals surface area contributed by atoms with Crippen LogP contribution >= 0.6 is 0 Å². The monoisotopic (exact) mass is 455 g/mol. The van der Waals surface area contributed by atoms with Gasteiger partial charge in [0.05, 0.1) is 27.3 Å². The molecule has 3 rings (SSSR count). The highest BCUT2D eigenvalue weighted by atomic mass is 32.2. The number of hydrogen-bond donors (Lipinski definition) is 1. The molecule has 7 nitrogen and oxygen atoms in total. The van der Waals surface area contributed by atoms with Crippen LogP contribution in [0.15, 0.2) is 60.9 Å². The maximum Gasteiger partial charge on any atom is 0.165 e. The maximum atomic E-state index is 13.6. The number of ether oxygens (including phenoxy) is 2. The molecule has 2 aromatic carbocycles. The van der Waals surface area contributed by atoms with Gasteiger partial charge >= 0.3 is 0 Å². The Morgan fingerprint density at radius 1 is 0.906 bits per heavy atom. The number of methoxy groups -OCH3 is 2. The van der Waals surface area contributed by atoms with Crippen LogP contribution in [-0.4, -0.2) is 43.4 Å². The first-order chi connectivity index (χ1) is 15.4. The second kappa shape index (κ2) is 11.3. The summed E-state index contributed by atoms with van der Waals surface area (Å²) in [4.78, 5) is 8.41. The topological polar surface area (TPSA) is 90.8 Å². The molecule has 0 fully saturated rings. The van der Waals surface area contributed by atoms with Gasteiger partial charge in [-0.2, -0.15) is 0 Å². The minimum Gasteiger partial charge on any atom is -0.598 e. The van der Waals surface area contributed by atoms with Gasteiger partial charge in [0.25, 0.3) is 0 Å². The lowest BCUT2D eigenvalue weighted by atomic mass is 10.2. The zero-order valence-corrected chi connectivity index (χ0v) is 19.6. The summed E-state index contributed by atoms with van der Waals surface area (Å²) < 4.78 is 25.9. The van der Waals surface area contributed by atoms with Crippen molar-refractivity contribution in [1.82, 2.24) is 14.3 Å². The van der Waals surface area contributed by atoms with Crippen molar-refractivity contribution in [2.24, 2.45) is 0 Å². The van der Waals surface area contributed by atoms with E-state index in [0.717, 1.165) is 28.2 Å². The molecule has 0 radical (unpaired) electrons. The number of benzene rings is 2. The van der Waals surface area contributed by atoms with Gasteiger partial charge in [0, 0.05) is 23.8 Å². The number of aliphatic hydroxyl groups is 1. The van der Waals surface area contributed by atoms with Gasteiger partial charge in [-0.3, -0.25) is 0 Å². The summed E-state index contributed by atoms with van der Waals surface area (Å²) >= 11 is -1.51. The van der Waals surface area contributed by atoms with Crippen LogP contribution in [0.25, 0.3) is 0 Å². The maximum absolute atomic E-state index is 13.6. The van der Waals surface area contributed by atoms with Gasteiger partial charge in [0.2, 0.25) is 0 Å². The molecule has 8 heteroatoms. The number of aryl methyl sites for hydroxylation is 1. The Hall–Kier alpha value is -2.65. The summed E-state index contributed by atoms with van der Waals surface area (Å²) in [6.07, 6.45) is 2.24. The molecule has 170 valence electrons. The number of rotatable bonds is 10. The van der Waals surface area contributed by atoms with Crippen LogP contribution < -0.4 is 9.47 Å². The quantitative estimate of drug-likeness (QED) is 0.467. The lowest BCUT2D eigenvalue weighted by Gasteiger charge is -2.30. The first-order valence-electron chi connectivity index (χ1n) is 10.3. The van der Waals surface area contributed by atoms with Crippen molar-refractivity contribution in [2.75, 3.05) is 14.2 Å². The average Bonchev–Trinajstić information content (AvgIpc) is 2.83. The third kappa shape index (κ3) is 6.20. The molecule has 1 N–H and O–H groups in total. The van der Waals surface area contributed by atoms with Crippen molar-refractivity contribution in [3.8, 4) is 11.5 Å². The second-order valence-corrected chi connectivity index (χ2v) is 9.35. The molecule has 0 saturated heterocycles. The van der Waals surface area contributed by atoms with Crippen LogP contribution in [-0.2, 0) is 24.5 Å². The summed E-state index contributed by atoms with van der Waals surface area (Å²) in [6, 6.07) is 15.3. The molecule has 3 unspecified atom stereocenters. The fourth-order valence-electron chi connectivity index (χ4n) is 3.16. The predicted molar refractivity (Wildman–Crippen MR) is 125 cm³/mol. The summed E-state index contributed by atoms with van der Waals surface area (Å²) in [5, 5.41) is 10.2. The van der Waals surface area contributed by atoms with Gasteiger partial charge in [-0.15, -0.1) is 4.31 Å². The van der Waals surface area contributed by atoms with E-state index < -0.39 is 22.7 Å². The molecular formula is C24H29N3O4S. The predicted octanol–water partition coefficient (Wildman–Crippen LogP) is 3.59. The zero-order chi connectivity index (χ0) is 23.1. The van der Waals surface area contributed by atoms with Gasteiger partial charge in [0.15, 0.2) is 17.2 Å². The van der Waals surface area contributed by atoms with Crippen molar-refractivity contribution in [3.63, 3.8) is 0 Å². The van der Waals surface area contributed by atoms with E-state index in [0.29, 0.717) is 13.1 Å². The third-order valence-corrected chi connectivity index (χ3v) is 6.78. The van der Waals surface area contributed by atoms with Gasteiger partial charge in [0.1, 0.15) is 11.5 Å². The van der Waals surface area contributed by atoms with Crippen molar-refractivity contribution >= 4 is 11.4 Å². The molecular weight excluding hydrogens is 426 g/mol. The average molecular weight is 456 g/mol. The minimum absolute atomic E-state index is 0.269. The Labute approximate surface area is 192 Å². The van der Waals surface area contributed by atoms with E-state index in [1.165, 1.54) is 0 Å². The van der Waals surface area contributed by atoms with E-state index in [4.69, 9.17) is 9.47 Å². The van der Waals surface area contributed by atoms with E-state index in [1.54, 1.807) is 33.5 Å². The van der Waals surface area contributed by atoms with Crippen LogP contribution in [0.2, 0.25) is 0 Å². The van der Waals surface area contributed by atoms with Gasteiger partial charge in [-0.1, -0.05) is 24.3 Å². The highest BCUT2D eigenvalue weighted by Crippen LogP contribution is 2.26. The molecule has 3 aromatic rings. The largest absolute Gasteiger partial charge is 0.598 e. The second-order valence-electron chi connectivity index (χ2n) is 7.54. The Balaban J connectivity index is 1.81.